The van der Waals surface area contributed by atoms with Crippen molar-refractivity contribution in [2.45, 2.75) is 25.1 Å². The number of hydrogen-bond donors (Lipinski definition) is 2. The summed E-state index contributed by atoms with van der Waals surface area (Å²) in [5.41, 5.74) is 1.61. The van der Waals surface area contributed by atoms with E-state index >= 15 is 0 Å². The Bertz CT molecular complexity index is 734. The normalized spacial score (nSPS) is 20.3. The molecule has 0 aliphatic heterocycles. The van der Waals surface area contributed by atoms with Crippen molar-refractivity contribution in [3.8, 4) is 0 Å². The van der Waals surface area contributed by atoms with Crippen LogP contribution in [0.1, 0.15) is 17.2 Å². The second-order valence-electron chi connectivity index (χ2n) is 5.20. The number of aryl methyl sites for hydroxylation is 1. The van der Waals surface area contributed by atoms with Crippen LogP contribution in [0.5, 0.6) is 0 Å². The first kappa shape index (κ1) is 13.6. The van der Waals surface area contributed by atoms with Gasteiger partial charge in [0, 0.05) is 13.5 Å². The molecule has 3 rings (SSSR count). The number of carbonyl (C=O) groups is 1. The minimum absolute atomic E-state index is 0.162. The molecule has 2 N–H and O–H groups in total. The van der Waals surface area contributed by atoms with Crippen LogP contribution in [0.25, 0.3) is 0 Å². The smallest absolute Gasteiger partial charge is 0.345 e. The first-order valence-electron chi connectivity index (χ1n) is 6.70. The molecule has 110 valence electrons. The van der Waals surface area contributed by atoms with Crippen LogP contribution in [0, 0.1) is 0 Å². The number of nitrogens with zero attached hydrogens (tertiary/aromatic N) is 3. The van der Waals surface area contributed by atoms with Gasteiger partial charge in [-0.3, -0.25) is 9.36 Å². The zero-order valence-corrected chi connectivity index (χ0v) is 11.6. The number of carbonyl (C=O) groups excluding carboxylic acids is 1. The molecule has 2 atom stereocenters. The molecule has 1 aromatic heterocycles. The van der Waals surface area contributed by atoms with E-state index in [2.05, 4.69) is 10.4 Å². The highest BCUT2D eigenvalue weighted by molar-refractivity contribution is 5.76. The molecule has 0 saturated heterocycles. The van der Waals surface area contributed by atoms with Crippen molar-refractivity contribution >= 4 is 5.91 Å². The van der Waals surface area contributed by atoms with Gasteiger partial charge in [-0.15, -0.1) is 0 Å². The second kappa shape index (κ2) is 5.17. The third-order valence-corrected chi connectivity index (χ3v) is 3.70. The van der Waals surface area contributed by atoms with E-state index in [1.165, 1.54) is 10.9 Å². The fourth-order valence-corrected chi connectivity index (χ4v) is 2.63. The van der Waals surface area contributed by atoms with Crippen LogP contribution < -0.4 is 11.0 Å². The molecule has 1 aliphatic rings. The van der Waals surface area contributed by atoms with Gasteiger partial charge < -0.3 is 10.4 Å². The standard InChI is InChI=1S/C14H16N4O3/c1-17-8-15-18(14(17)21)7-12(20)16-13-10-5-3-2-4-9(10)6-11(13)19/h2-5,8,11,13,19H,6-7H2,1H3,(H,16,20). The number of aliphatic hydroxyl groups is 1. The lowest BCUT2D eigenvalue weighted by Gasteiger charge is -2.17. The molecule has 2 unspecified atom stereocenters. The number of hydrogen-bond acceptors (Lipinski definition) is 4. The fourth-order valence-electron chi connectivity index (χ4n) is 2.63. The van der Waals surface area contributed by atoms with Crippen molar-refractivity contribution in [3.05, 3.63) is 52.2 Å². The molecule has 1 aliphatic carbocycles. The molecular formula is C14H16N4O3. The lowest BCUT2D eigenvalue weighted by molar-refractivity contribution is -0.123. The summed E-state index contributed by atoms with van der Waals surface area (Å²) >= 11 is 0. The molecule has 0 spiro atoms. The van der Waals surface area contributed by atoms with Crippen molar-refractivity contribution in [1.82, 2.24) is 19.7 Å². The fraction of sp³-hybridized carbons (Fsp3) is 0.357. The molecule has 0 fully saturated rings. The van der Waals surface area contributed by atoms with Gasteiger partial charge in [-0.2, -0.15) is 5.10 Å². The predicted molar refractivity (Wildman–Crippen MR) is 74.5 cm³/mol. The van der Waals surface area contributed by atoms with Crippen LogP contribution in [0.4, 0.5) is 0 Å². The Hall–Kier alpha value is -2.41. The zero-order chi connectivity index (χ0) is 15.0. The van der Waals surface area contributed by atoms with Crippen LogP contribution >= 0.6 is 0 Å². The first-order chi connectivity index (χ1) is 10.1. The van der Waals surface area contributed by atoms with Gasteiger partial charge in [0.2, 0.25) is 5.91 Å². The van der Waals surface area contributed by atoms with Gasteiger partial charge in [-0.1, -0.05) is 24.3 Å². The molecule has 7 heteroatoms. The topological polar surface area (TPSA) is 89.2 Å². The van der Waals surface area contributed by atoms with E-state index in [9.17, 15) is 14.7 Å². The highest BCUT2D eigenvalue weighted by atomic mass is 16.3. The van der Waals surface area contributed by atoms with E-state index in [0.717, 1.165) is 15.8 Å². The number of nitrogens with one attached hydrogen (secondary N) is 1. The van der Waals surface area contributed by atoms with Crippen molar-refractivity contribution in [2.75, 3.05) is 0 Å². The third kappa shape index (κ3) is 2.47. The molecule has 0 saturated carbocycles. The van der Waals surface area contributed by atoms with E-state index < -0.39 is 12.1 Å². The van der Waals surface area contributed by atoms with Gasteiger partial charge in [-0.05, 0) is 11.1 Å². The molecular weight excluding hydrogens is 272 g/mol. The molecule has 21 heavy (non-hydrogen) atoms. The summed E-state index contributed by atoms with van der Waals surface area (Å²) in [5, 5.41) is 16.7. The van der Waals surface area contributed by atoms with E-state index in [-0.39, 0.29) is 18.1 Å². The van der Waals surface area contributed by atoms with E-state index in [1.807, 2.05) is 24.3 Å². The lowest BCUT2D eigenvalue weighted by atomic mass is 10.1. The Kier molecular flexibility index (Phi) is 3.34. The lowest BCUT2D eigenvalue weighted by Crippen LogP contribution is -2.38. The largest absolute Gasteiger partial charge is 0.390 e. The summed E-state index contributed by atoms with van der Waals surface area (Å²) in [6.07, 6.45) is 1.23. The second-order valence-corrected chi connectivity index (χ2v) is 5.20. The maximum Gasteiger partial charge on any atom is 0.345 e. The van der Waals surface area contributed by atoms with Gasteiger partial charge in [0.25, 0.3) is 0 Å². The summed E-state index contributed by atoms with van der Waals surface area (Å²) in [5.74, 6) is -0.350. The van der Waals surface area contributed by atoms with Gasteiger partial charge in [0.1, 0.15) is 12.9 Å². The van der Waals surface area contributed by atoms with Gasteiger partial charge >= 0.3 is 5.69 Å². The predicted octanol–water partition coefficient (Wildman–Crippen LogP) is -0.644. The maximum absolute atomic E-state index is 12.1. The number of aliphatic hydroxyl groups excluding tert-OH is 1. The third-order valence-electron chi connectivity index (χ3n) is 3.70. The van der Waals surface area contributed by atoms with E-state index in [1.54, 1.807) is 7.05 Å². The summed E-state index contributed by atoms with van der Waals surface area (Å²) in [6, 6.07) is 7.17. The Morgan fingerprint density at radius 3 is 2.95 bits per heavy atom. The number of aromatic nitrogens is 3. The summed E-state index contributed by atoms with van der Waals surface area (Å²) < 4.78 is 2.38. The van der Waals surface area contributed by atoms with E-state index in [4.69, 9.17) is 0 Å². The Morgan fingerprint density at radius 2 is 2.24 bits per heavy atom. The SMILES string of the molecule is Cn1cnn(CC(=O)NC2c3ccccc3CC2O)c1=O. The van der Waals surface area contributed by atoms with E-state index in [0.29, 0.717) is 6.42 Å². The summed E-state index contributed by atoms with van der Waals surface area (Å²) in [7, 11) is 1.57. The summed E-state index contributed by atoms with van der Waals surface area (Å²) in [6.45, 7) is -0.162. The first-order valence-corrected chi connectivity index (χ1v) is 6.70. The average molecular weight is 288 g/mol. The Morgan fingerprint density at radius 1 is 1.48 bits per heavy atom. The molecule has 0 radical (unpaired) electrons. The van der Waals surface area contributed by atoms with Crippen molar-refractivity contribution in [2.24, 2.45) is 7.05 Å². The highest BCUT2D eigenvalue weighted by Gasteiger charge is 2.31. The molecule has 1 heterocycles. The monoisotopic (exact) mass is 288 g/mol. The molecule has 1 aromatic carbocycles. The maximum atomic E-state index is 12.1. The van der Waals surface area contributed by atoms with Gasteiger partial charge in [0.05, 0.1) is 12.1 Å². The molecule has 7 nitrogen and oxygen atoms in total. The minimum atomic E-state index is -0.646. The number of amides is 1. The van der Waals surface area contributed by atoms with Crippen LogP contribution in [0.15, 0.2) is 35.4 Å². The quantitative estimate of drug-likeness (QED) is 0.786. The number of fused-ring (bicyclic) bond motifs is 1. The molecule has 1 amide bonds. The van der Waals surface area contributed by atoms with Crippen LogP contribution in [0.3, 0.4) is 0 Å². The van der Waals surface area contributed by atoms with Crippen LogP contribution in [0.2, 0.25) is 0 Å². The summed E-state index contributed by atoms with van der Waals surface area (Å²) in [4.78, 5) is 23.7. The Balaban J connectivity index is 1.73. The average Bonchev–Trinajstić information content (AvgIpc) is 2.94. The Labute approximate surface area is 120 Å². The van der Waals surface area contributed by atoms with Crippen LogP contribution in [-0.4, -0.2) is 31.5 Å². The molecule has 0 bridgehead atoms. The van der Waals surface area contributed by atoms with Gasteiger partial charge in [0.15, 0.2) is 0 Å². The zero-order valence-electron chi connectivity index (χ0n) is 11.6. The van der Waals surface area contributed by atoms with Gasteiger partial charge in [-0.25, -0.2) is 9.48 Å². The van der Waals surface area contributed by atoms with Crippen molar-refractivity contribution in [1.29, 1.82) is 0 Å². The van der Waals surface area contributed by atoms with Crippen molar-refractivity contribution in [3.63, 3.8) is 0 Å². The number of benzene rings is 1. The number of rotatable bonds is 3. The minimum Gasteiger partial charge on any atom is -0.390 e. The van der Waals surface area contributed by atoms with Crippen molar-refractivity contribution < 1.29 is 9.90 Å². The van der Waals surface area contributed by atoms with Crippen LogP contribution in [-0.2, 0) is 24.8 Å². The molecule has 2 aromatic rings. The highest BCUT2D eigenvalue weighted by Crippen LogP contribution is 2.31.